The molecule has 0 radical (unpaired) electrons. The molecule has 9 heteroatoms. The van der Waals surface area contributed by atoms with Gasteiger partial charge in [-0.2, -0.15) is 0 Å². The van der Waals surface area contributed by atoms with Crippen molar-refractivity contribution in [2.45, 2.75) is 76.5 Å². The van der Waals surface area contributed by atoms with E-state index in [1.807, 2.05) is 75.4 Å². The zero-order valence-electron chi connectivity index (χ0n) is 26.3. The molecule has 240 valence electrons. The molecule has 3 aromatic carbocycles. The number of amides is 1. The Morgan fingerprint density at radius 1 is 0.978 bits per heavy atom. The fourth-order valence-electron chi connectivity index (χ4n) is 5.17. The molecule has 1 amide bonds. The van der Waals surface area contributed by atoms with Crippen LogP contribution in [0.4, 0.5) is 0 Å². The molecule has 0 bridgehead atoms. The van der Waals surface area contributed by atoms with Gasteiger partial charge in [0.1, 0.15) is 11.4 Å². The molecule has 1 aliphatic heterocycles. The fraction of sp³-hybridized carbons (Fsp3) is 0.417. The van der Waals surface area contributed by atoms with E-state index in [0.717, 1.165) is 29.3 Å². The number of benzene rings is 3. The van der Waals surface area contributed by atoms with Gasteiger partial charge in [-0.1, -0.05) is 64.5 Å². The van der Waals surface area contributed by atoms with Gasteiger partial charge in [0.15, 0.2) is 11.6 Å². The van der Waals surface area contributed by atoms with Crippen LogP contribution in [0.15, 0.2) is 88.3 Å². The quantitative estimate of drug-likeness (QED) is 0.136. The zero-order valence-corrected chi connectivity index (χ0v) is 27.8. The van der Waals surface area contributed by atoms with Crippen molar-refractivity contribution < 1.29 is 28.9 Å². The Morgan fingerprint density at radius 3 is 2.38 bits per heavy atom. The van der Waals surface area contributed by atoms with E-state index >= 15 is 0 Å². The van der Waals surface area contributed by atoms with E-state index in [1.54, 1.807) is 12.1 Å². The Morgan fingerprint density at radius 2 is 1.69 bits per heavy atom. The van der Waals surface area contributed by atoms with Crippen LogP contribution in [0.1, 0.15) is 75.7 Å². The first-order valence-corrected chi connectivity index (χ1v) is 16.3. The van der Waals surface area contributed by atoms with E-state index in [-0.39, 0.29) is 25.4 Å². The lowest BCUT2D eigenvalue weighted by atomic mass is 9.83. The lowest BCUT2D eigenvalue weighted by Crippen LogP contribution is -2.49. The maximum Gasteiger partial charge on any atom is 0.306 e. The molecule has 1 heterocycles. The predicted octanol–water partition coefficient (Wildman–Crippen LogP) is 6.73. The van der Waals surface area contributed by atoms with Gasteiger partial charge in [-0.15, -0.1) is 0 Å². The Bertz CT molecular complexity index is 1440. The van der Waals surface area contributed by atoms with Crippen LogP contribution in [0.5, 0.6) is 5.75 Å². The second-order valence-electron chi connectivity index (χ2n) is 12.1. The van der Waals surface area contributed by atoms with Crippen LogP contribution >= 0.6 is 15.9 Å². The van der Waals surface area contributed by atoms with Gasteiger partial charge >= 0.3 is 5.97 Å². The zero-order chi connectivity index (χ0) is 32.3. The number of esters is 1. The van der Waals surface area contributed by atoms with E-state index in [4.69, 9.17) is 24.3 Å². The highest BCUT2D eigenvalue weighted by Crippen LogP contribution is 2.45. The number of aliphatic imine (C=N–C) groups is 1. The maximum absolute atomic E-state index is 14.3. The van der Waals surface area contributed by atoms with Gasteiger partial charge in [0.05, 0.1) is 6.61 Å². The van der Waals surface area contributed by atoms with Crippen LogP contribution in [0.3, 0.4) is 0 Å². The molecule has 45 heavy (non-hydrogen) atoms. The smallest absolute Gasteiger partial charge is 0.306 e. The highest BCUT2D eigenvalue weighted by Gasteiger charge is 2.53. The van der Waals surface area contributed by atoms with Crippen molar-refractivity contribution in [3.63, 3.8) is 0 Å². The van der Waals surface area contributed by atoms with Crippen molar-refractivity contribution in [2.24, 2.45) is 4.99 Å². The Hall–Kier alpha value is -3.69. The number of hydrogen-bond acceptors (Lipinski definition) is 7. The first-order chi connectivity index (χ1) is 21.6. The van der Waals surface area contributed by atoms with E-state index in [2.05, 4.69) is 33.4 Å². The SMILES string of the molecule is CC(C)(C)OC(=O)CC[C@@]1(C(=O)NCCCCc2ccccc2)N=C(c2ccc(OCCCO)cc2)O[C@@H]1c1ccccc1Br. The normalized spacial score (nSPS) is 17.7. The molecule has 2 atom stereocenters. The van der Waals surface area contributed by atoms with Crippen molar-refractivity contribution in [1.29, 1.82) is 0 Å². The molecule has 1 aliphatic rings. The molecule has 4 rings (SSSR count). The summed E-state index contributed by atoms with van der Waals surface area (Å²) in [7, 11) is 0. The standard InChI is InChI=1S/C36H43BrN2O6/c1-35(2,3)45-31(41)21-22-36(34(42)38-23-10-9-14-26-12-5-4-6-13-26)32(29-15-7-8-16-30(29)37)44-33(39-36)27-17-19-28(20-18-27)43-25-11-24-40/h4-8,12-13,15-20,32,40H,9-11,14,21-25H2,1-3H3,(H,38,42)/t32-,36-/m1/s1. The number of aliphatic hydroxyl groups excluding tert-OH is 1. The number of rotatable bonds is 15. The third kappa shape index (κ3) is 9.65. The van der Waals surface area contributed by atoms with Crippen molar-refractivity contribution in [1.82, 2.24) is 5.32 Å². The topological polar surface area (TPSA) is 106 Å². The van der Waals surface area contributed by atoms with Gasteiger partial charge in [-0.05, 0) is 82.3 Å². The Labute approximate surface area is 274 Å². The first kappa shape index (κ1) is 34.2. The molecule has 0 saturated heterocycles. The molecule has 0 aromatic heterocycles. The minimum Gasteiger partial charge on any atom is -0.494 e. The number of aliphatic hydroxyl groups is 1. The minimum absolute atomic E-state index is 0.0164. The minimum atomic E-state index is -1.42. The number of nitrogens with one attached hydrogen (secondary N) is 1. The van der Waals surface area contributed by atoms with Gasteiger partial charge in [-0.25, -0.2) is 4.99 Å². The summed E-state index contributed by atoms with van der Waals surface area (Å²) < 4.78 is 18.6. The summed E-state index contributed by atoms with van der Waals surface area (Å²) in [4.78, 5) is 32.2. The summed E-state index contributed by atoms with van der Waals surface area (Å²) >= 11 is 3.65. The van der Waals surface area contributed by atoms with Crippen LogP contribution in [-0.2, 0) is 25.5 Å². The van der Waals surface area contributed by atoms with Crippen LogP contribution in [0.2, 0.25) is 0 Å². The molecule has 2 N–H and O–H groups in total. The third-order valence-electron chi connectivity index (χ3n) is 7.37. The number of unbranched alkanes of at least 4 members (excludes halogenated alkanes) is 1. The summed E-state index contributed by atoms with van der Waals surface area (Å²) in [6.07, 6.45) is 2.44. The maximum atomic E-state index is 14.3. The van der Waals surface area contributed by atoms with E-state index in [9.17, 15) is 9.59 Å². The summed E-state index contributed by atoms with van der Waals surface area (Å²) in [5.74, 6) is 0.251. The Kier molecular flexibility index (Phi) is 12.2. The molecular formula is C36H43BrN2O6. The lowest BCUT2D eigenvalue weighted by molar-refractivity contribution is -0.155. The van der Waals surface area contributed by atoms with Crippen molar-refractivity contribution >= 4 is 33.7 Å². The highest BCUT2D eigenvalue weighted by molar-refractivity contribution is 9.10. The lowest BCUT2D eigenvalue weighted by Gasteiger charge is -2.31. The monoisotopic (exact) mass is 678 g/mol. The number of ether oxygens (including phenoxy) is 3. The van der Waals surface area contributed by atoms with Gasteiger partial charge < -0.3 is 24.6 Å². The number of nitrogens with zero attached hydrogens (tertiary/aromatic N) is 1. The van der Waals surface area contributed by atoms with Gasteiger partial charge in [-0.3, -0.25) is 9.59 Å². The number of aryl methyl sites for hydroxylation is 1. The van der Waals surface area contributed by atoms with Gasteiger partial charge in [0.25, 0.3) is 5.91 Å². The van der Waals surface area contributed by atoms with Crippen LogP contribution in [0.25, 0.3) is 0 Å². The predicted molar refractivity (Wildman–Crippen MR) is 178 cm³/mol. The summed E-state index contributed by atoms with van der Waals surface area (Å²) in [6.45, 7) is 6.38. The first-order valence-electron chi connectivity index (χ1n) is 15.5. The second-order valence-corrected chi connectivity index (χ2v) is 13.0. The number of carbonyl (C=O) groups is 2. The molecule has 0 saturated carbocycles. The molecule has 0 spiro atoms. The van der Waals surface area contributed by atoms with E-state index in [0.29, 0.717) is 36.8 Å². The number of halogens is 1. The number of hydrogen-bond donors (Lipinski definition) is 2. The summed E-state index contributed by atoms with van der Waals surface area (Å²) in [5.41, 5.74) is 0.607. The molecule has 3 aromatic rings. The van der Waals surface area contributed by atoms with Crippen molar-refractivity contribution in [3.8, 4) is 5.75 Å². The molecule has 0 aliphatic carbocycles. The summed E-state index contributed by atoms with van der Waals surface area (Å²) in [6, 6.07) is 25.1. The van der Waals surface area contributed by atoms with Crippen molar-refractivity contribution in [2.75, 3.05) is 19.8 Å². The van der Waals surface area contributed by atoms with E-state index in [1.165, 1.54) is 5.56 Å². The average molecular weight is 680 g/mol. The van der Waals surface area contributed by atoms with E-state index < -0.39 is 23.2 Å². The molecule has 0 unspecified atom stereocenters. The van der Waals surface area contributed by atoms with Crippen molar-refractivity contribution in [3.05, 3.63) is 100 Å². The number of carbonyl (C=O) groups excluding carboxylic acids is 2. The molecule has 0 fully saturated rings. The van der Waals surface area contributed by atoms with Crippen LogP contribution < -0.4 is 10.1 Å². The van der Waals surface area contributed by atoms with Crippen LogP contribution in [-0.4, -0.2) is 53.8 Å². The largest absolute Gasteiger partial charge is 0.494 e. The second kappa shape index (κ2) is 16.0. The highest BCUT2D eigenvalue weighted by atomic mass is 79.9. The average Bonchev–Trinajstić information content (AvgIpc) is 3.41. The summed E-state index contributed by atoms with van der Waals surface area (Å²) in [5, 5.41) is 12.2. The molecule has 8 nitrogen and oxygen atoms in total. The Balaban J connectivity index is 1.62. The van der Waals surface area contributed by atoms with Gasteiger partial charge in [0, 0.05) is 41.6 Å². The van der Waals surface area contributed by atoms with Gasteiger partial charge in [0.2, 0.25) is 5.90 Å². The van der Waals surface area contributed by atoms with Crippen LogP contribution in [0, 0.1) is 0 Å². The fourth-order valence-corrected chi connectivity index (χ4v) is 5.67. The third-order valence-corrected chi connectivity index (χ3v) is 8.09. The molecular weight excluding hydrogens is 636 g/mol.